The largest absolute Gasteiger partial charge is 0.399 e. The molecular formula is C20H24N2O2. The van der Waals surface area contributed by atoms with Crippen LogP contribution in [0, 0.1) is 0 Å². The number of benzene rings is 2. The fourth-order valence-electron chi connectivity index (χ4n) is 3.12. The minimum atomic E-state index is -0.0480. The molecule has 0 aliphatic carbocycles. The lowest BCUT2D eigenvalue weighted by atomic mass is 10.0. The van der Waals surface area contributed by atoms with Crippen molar-refractivity contribution in [3.8, 4) is 0 Å². The molecule has 0 saturated carbocycles. The number of rotatable bonds is 4. The van der Waals surface area contributed by atoms with E-state index in [9.17, 15) is 4.79 Å². The summed E-state index contributed by atoms with van der Waals surface area (Å²) in [4.78, 5) is 14.6. The van der Waals surface area contributed by atoms with Crippen LogP contribution in [-0.4, -0.2) is 30.0 Å². The first-order chi connectivity index (χ1) is 11.6. The fourth-order valence-corrected chi connectivity index (χ4v) is 3.12. The molecule has 3 rings (SSSR count). The molecule has 1 saturated heterocycles. The van der Waals surface area contributed by atoms with Crippen molar-refractivity contribution in [2.75, 3.05) is 18.9 Å². The Kier molecular flexibility index (Phi) is 5.16. The van der Waals surface area contributed by atoms with Gasteiger partial charge in [0, 0.05) is 12.1 Å². The van der Waals surface area contributed by atoms with Gasteiger partial charge in [-0.05, 0) is 30.5 Å². The van der Waals surface area contributed by atoms with Crippen LogP contribution in [0.2, 0.25) is 0 Å². The molecule has 0 aromatic heterocycles. The number of carbonyl (C=O) groups excluding carboxylic acids is 1. The van der Waals surface area contributed by atoms with Crippen LogP contribution in [0.1, 0.15) is 30.6 Å². The molecule has 1 amide bonds. The molecule has 2 unspecified atom stereocenters. The summed E-state index contributed by atoms with van der Waals surface area (Å²) in [5, 5.41) is 0. The summed E-state index contributed by atoms with van der Waals surface area (Å²) in [5.41, 5.74) is 8.87. The van der Waals surface area contributed by atoms with Crippen LogP contribution in [-0.2, 0) is 16.0 Å². The van der Waals surface area contributed by atoms with Gasteiger partial charge in [-0.3, -0.25) is 4.79 Å². The van der Waals surface area contributed by atoms with Crippen molar-refractivity contribution in [3.05, 3.63) is 65.7 Å². The highest BCUT2D eigenvalue weighted by molar-refractivity contribution is 5.77. The smallest absolute Gasteiger partial charge is 0.223 e. The van der Waals surface area contributed by atoms with Gasteiger partial charge in [-0.2, -0.15) is 0 Å². The van der Waals surface area contributed by atoms with Crippen molar-refractivity contribution < 1.29 is 9.53 Å². The number of hydrogen-bond acceptors (Lipinski definition) is 3. The number of para-hydroxylation sites is 1. The van der Waals surface area contributed by atoms with E-state index in [2.05, 4.69) is 0 Å². The number of amides is 1. The van der Waals surface area contributed by atoms with Gasteiger partial charge in [0.1, 0.15) is 6.10 Å². The second kappa shape index (κ2) is 7.49. The van der Waals surface area contributed by atoms with Crippen LogP contribution >= 0.6 is 0 Å². The lowest BCUT2D eigenvalue weighted by molar-refractivity contribution is -0.144. The normalized spacial score (nSPS) is 20.8. The van der Waals surface area contributed by atoms with E-state index in [1.165, 1.54) is 0 Å². The summed E-state index contributed by atoms with van der Waals surface area (Å²) in [5.74, 6) is 0.162. The van der Waals surface area contributed by atoms with Crippen molar-refractivity contribution in [3.63, 3.8) is 0 Å². The second-order valence-electron chi connectivity index (χ2n) is 6.33. The average molecular weight is 324 g/mol. The molecule has 2 aromatic carbocycles. The van der Waals surface area contributed by atoms with Gasteiger partial charge in [-0.1, -0.05) is 48.5 Å². The highest BCUT2D eigenvalue weighted by atomic mass is 16.5. The van der Waals surface area contributed by atoms with Gasteiger partial charge in [0.05, 0.1) is 19.2 Å². The lowest BCUT2D eigenvalue weighted by Crippen LogP contribution is -2.48. The van der Waals surface area contributed by atoms with E-state index in [1.807, 2.05) is 66.4 Å². The number of nitrogen functional groups attached to an aromatic ring is 1. The first-order valence-electron chi connectivity index (χ1n) is 8.44. The van der Waals surface area contributed by atoms with Crippen LogP contribution in [0.15, 0.2) is 54.6 Å². The van der Waals surface area contributed by atoms with Crippen molar-refractivity contribution in [1.82, 2.24) is 4.90 Å². The Labute approximate surface area is 143 Å². The van der Waals surface area contributed by atoms with Crippen LogP contribution in [0.5, 0.6) is 0 Å². The maximum absolute atomic E-state index is 12.7. The molecule has 1 fully saturated rings. The Balaban J connectivity index is 1.63. The van der Waals surface area contributed by atoms with E-state index in [4.69, 9.17) is 10.5 Å². The number of aryl methyl sites for hydroxylation is 1. The number of ether oxygens (including phenoxy) is 1. The van der Waals surface area contributed by atoms with Crippen LogP contribution in [0.3, 0.4) is 0 Å². The zero-order valence-electron chi connectivity index (χ0n) is 14.0. The molecule has 126 valence electrons. The molecule has 24 heavy (non-hydrogen) atoms. The molecule has 1 aliphatic heterocycles. The quantitative estimate of drug-likeness (QED) is 0.879. The zero-order valence-corrected chi connectivity index (χ0v) is 14.0. The Morgan fingerprint density at radius 2 is 1.88 bits per heavy atom. The summed E-state index contributed by atoms with van der Waals surface area (Å²) in [6.07, 6.45) is 1.10. The topological polar surface area (TPSA) is 55.6 Å². The summed E-state index contributed by atoms with van der Waals surface area (Å²) < 4.78 is 5.92. The monoisotopic (exact) mass is 324 g/mol. The van der Waals surface area contributed by atoms with Gasteiger partial charge in [0.15, 0.2) is 0 Å². The molecule has 2 aromatic rings. The van der Waals surface area contributed by atoms with Gasteiger partial charge in [0.25, 0.3) is 0 Å². The fraction of sp³-hybridized carbons (Fsp3) is 0.350. The van der Waals surface area contributed by atoms with Gasteiger partial charge in [-0.25, -0.2) is 0 Å². The molecule has 1 heterocycles. The lowest BCUT2D eigenvalue weighted by Gasteiger charge is -2.38. The van der Waals surface area contributed by atoms with E-state index in [1.54, 1.807) is 0 Å². The number of hydrogen-bond donors (Lipinski definition) is 1. The van der Waals surface area contributed by atoms with Gasteiger partial charge < -0.3 is 15.4 Å². The maximum Gasteiger partial charge on any atom is 0.223 e. The van der Waals surface area contributed by atoms with Crippen LogP contribution in [0.4, 0.5) is 5.69 Å². The standard InChI is InChI=1S/C20H24N2O2/c1-15-14-24-19(17-8-3-2-4-9-17)13-22(15)20(23)12-11-16-7-5-6-10-18(16)21/h2-10,15,19H,11-14,21H2,1H3. The first kappa shape index (κ1) is 16.5. The van der Waals surface area contributed by atoms with Crippen molar-refractivity contribution in [1.29, 1.82) is 0 Å². The number of nitrogens with two attached hydrogens (primary N) is 1. The third-order valence-corrected chi connectivity index (χ3v) is 4.59. The summed E-state index contributed by atoms with van der Waals surface area (Å²) >= 11 is 0. The van der Waals surface area contributed by atoms with Gasteiger partial charge >= 0.3 is 0 Å². The highest BCUT2D eigenvalue weighted by Crippen LogP contribution is 2.25. The highest BCUT2D eigenvalue weighted by Gasteiger charge is 2.30. The predicted octanol–water partition coefficient (Wildman–Crippen LogP) is 3.19. The Bertz CT molecular complexity index is 687. The molecule has 4 heteroatoms. The minimum Gasteiger partial charge on any atom is -0.399 e. The minimum absolute atomic E-state index is 0.0480. The van der Waals surface area contributed by atoms with E-state index in [-0.39, 0.29) is 18.1 Å². The summed E-state index contributed by atoms with van der Waals surface area (Å²) in [6.45, 7) is 3.21. The molecule has 0 bridgehead atoms. The number of morpholine rings is 1. The molecule has 4 nitrogen and oxygen atoms in total. The zero-order chi connectivity index (χ0) is 16.9. The second-order valence-corrected chi connectivity index (χ2v) is 6.33. The Hall–Kier alpha value is -2.33. The number of anilines is 1. The van der Waals surface area contributed by atoms with Crippen LogP contribution < -0.4 is 5.73 Å². The summed E-state index contributed by atoms with van der Waals surface area (Å²) in [6, 6.07) is 17.9. The molecule has 2 N–H and O–H groups in total. The molecule has 0 spiro atoms. The first-order valence-corrected chi connectivity index (χ1v) is 8.44. The maximum atomic E-state index is 12.7. The van der Waals surface area contributed by atoms with Crippen molar-refractivity contribution in [2.45, 2.75) is 31.9 Å². The van der Waals surface area contributed by atoms with Gasteiger partial charge in [-0.15, -0.1) is 0 Å². The van der Waals surface area contributed by atoms with Crippen molar-refractivity contribution >= 4 is 11.6 Å². The predicted molar refractivity (Wildman–Crippen MR) is 95.5 cm³/mol. The van der Waals surface area contributed by atoms with Gasteiger partial charge in [0.2, 0.25) is 5.91 Å². The Morgan fingerprint density at radius 3 is 2.62 bits per heavy atom. The Morgan fingerprint density at radius 1 is 1.17 bits per heavy atom. The number of nitrogens with zero attached hydrogens (tertiary/aromatic N) is 1. The third kappa shape index (κ3) is 3.77. The van der Waals surface area contributed by atoms with E-state index in [0.717, 1.165) is 16.8 Å². The molecule has 0 radical (unpaired) electrons. The van der Waals surface area contributed by atoms with Crippen LogP contribution in [0.25, 0.3) is 0 Å². The molecule has 2 atom stereocenters. The van der Waals surface area contributed by atoms with E-state index in [0.29, 0.717) is 26.0 Å². The summed E-state index contributed by atoms with van der Waals surface area (Å²) in [7, 11) is 0. The SMILES string of the molecule is CC1COC(c2ccccc2)CN1C(=O)CCc1ccccc1N. The average Bonchev–Trinajstić information content (AvgIpc) is 2.62. The molecule has 1 aliphatic rings. The number of carbonyl (C=O) groups is 1. The third-order valence-electron chi connectivity index (χ3n) is 4.59. The van der Waals surface area contributed by atoms with Crippen molar-refractivity contribution in [2.24, 2.45) is 0 Å². The molecular weight excluding hydrogens is 300 g/mol. The van der Waals surface area contributed by atoms with E-state index < -0.39 is 0 Å². The van der Waals surface area contributed by atoms with E-state index >= 15 is 0 Å².